The highest BCUT2D eigenvalue weighted by atomic mass is 32.2. The number of hydrogen-bond donors (Lipinski definition) is 1. The number of rotatable bonds is 7. The SMILES string of the molecule is Cc1cc(S(=O)(=O)Nc2cccc(F)n2)cnc1OC1CCN(C(C)c2ccccc2)CC1. The predicted molar refractivity (Wildman–Crippen MR) is 124 cm³/mol. The van der Waals surface area contributed by atoms with Crippen LogP contribution in [0.3, 0.4) is 0 Å². The summed E-state index contributed by atoms with van der Waals surface area (Å²) in [4.78, 5) is 10.2. The molecule has 174 valence electrons. The fraction of sp³-hybridized carbons (Fsp3) is 0.333. The van der Waals surface area contributed by atoms with E-state index in [1.807, 2.05) is 6.07 Å². The molecular formula is C24H27FN4O3S. The van der Waals surface area contributed by atoms with Gasteiger partial charge in [0.1, 0.15) is 16.8 Å². The van der Waals surface area contributed by atoms with Gasteiger partial charge in [-0.3, -0.25) is 9.62 Å². The zero-order valence-corrected chi connectivity index (χ0v) is 19.4. The van der Waals surface area contributed by atoms with Crippen LogP contribution in [0.4, 0.5) is 10.2 Å². The maximum absolute atomic E-state index is 13.3. The minimum atomic E-state index is -3.95. The van der Waals surface area contributed by atoms with Gasteiger partial charge in [-0.25, -0.2) is 18.4 Å². The van der Waals surface area contributed by atoms with Crippen molar-refractivity contribution in [1.29, 1.82) is 0 Å². The number of aryl methyl sites for hydroxylation is 1. The van der Waals surface area contributed by atoms with E-state index in [-0.39, 0.29) is 16.8 Å². The van der Waals surface area contributed by atoms with Crippen molar-refractivity contribution >= 4 is 15.8 Å². The highest BCUT2D eigenvalue weighted by Crippen LogP contribution is 2.27. The summed E-state index contributed by atoms with van der Waals surface area (Å²) in [6, 6.07) is 16.2. The molecule has 1 fully saturated rings. The number of aromatic nitrogens is 2. The Morgan fingerprint density at radius 2 is 1.85 bits per heavy atom. The predicted octanol–water partition coefficient (Wildman–Crippen LogP) is 4.33. The Bertz CT molecular complexity index is 1200. The van der Waals surface area contributed by atoms with Crippen molar-refractivity contribution in [1.82, 2.24) is 14.9 Å². The molecule has 0 saturated carbocycles. The standard InChI is InChI=1S/C24H27FN4O3S/c1-17-15-21(33(30,31)28-23-10-6-9-22(25)27-23)16-26-24(17)32-20-11-13-29(14-12-20)18(2)19-7-4-3-5-8-19/h3-10,15-16,18,20H,11-14H2,1-2H3,(H,27,28). The molecule has 1 aromatic carbocycles. The minimum absolute atomic E-state index is 0.0208. The van der Waals surface area contributed by atoms with Crippen LogP contribution in [0.5, 0.6) is 5.88 Å². The molecule has 1 N–H and O–H groups in total. The fourth-order valence-corrected chi connectivity index (χ4v) is 4.98. The van der Waals surface area contributed by atoms with Crippen LogP contribution in [-0.4, -0.2) is 42.5 Å². The quantitative estimate of drug-likeness (QED) is 0.518. The number of anilines is 1. The molecule has 1 unspecified atom stereocenters. The third-order valence-electron chi connectivity index (χ3n) is 5.85. The molecule has 2 aromatic heterocycles. The normalized spacial score (nSPS) is 16.3. The Morgan fingerprint density at radius 1 is 1.12 bits per heavy atom. The van der Waals surface area contributed by atoms with Gasteiger partial charge in [0.05, 0.1) is 6.20 Å². The fourth-order valence-electron chi connectivity index (χ4n) is 3.95. The number of benzene rings is 1. The molecular weight excluding hydrogens is 443 g/mol. The second-order valence-electron chi connectivity index (χ2n) is 8.18. The van der Waals surface area contributed by atoms with Crippen molar-refractivity contribution in [2.75, 3.05) is 17.8 Å². The molecule has 1 saturated heterocycles. The number of piperidine rings is 1. The molecule has 1 aliphatic rings. The maximum atomic E-state index is 13.3. The van der Waals surface area contributed by atoms with E-state index >= 15 is 0 Å². The topological polar surface area (TPSA) is 84.4 Å². The van der Waals surface area contributed by atoms with Gasteiger partial charge >= 0.3 is 0 Å². The number of halogens is 1. The summed E-state index contributed by atoms with van der Waals surface area (Å²) in [7, 11) is -3.95. The highest BCUT2D eigenvalue weighted by molar-refractivity contribution is 7.92. The van der Waals surface area contributed by atoms with Gasteiger partial charge in [0.15, 0.2) is 0 Å². The molecule has 1 atom stereocenters. The van der Waals surface area contributed by atoms with E-state index in [0.29, 0.717) is 17.5 Å². The van der Waals surface area contributed by atoms with E-state index in [2.05, 4.69) is 50.8 Å². The molecule has 9 heteroatoms. The second-order valence-corrected chi connectivity index (χ2v) is 9.87. The average Bonchev–Trinajstić information content (AvgIpc) is 2.80. The molecule has 33 heavy (non-hydrogen) atoms. The number of nitrogens with zero attached hydrogens (tertiary/aromatic N) is 3. The smallest absolute Gasteiger partial charge is 0.264 e. The first-order valence-corrected chi connectivity index (χ1v) is 12.4. The third-order valence-corrected chi connectivity index (χ3v) is 7.18. The van der Waals surface area contributed by atoms with E-state index < -0.39 is 16.0 Å². The van der Waals surface area contributed by atoms with Crippen molar-refractivity contribution in [2.24, 2.45) is 0 Å². The molecule has 0 spiro atoms. The zero-order chi connectivity index (χ0) is 23.4. The Balaban J connectivity index is 1.37. The average molecular weight is 471 g/mol. The van der Waals surface area contributed by atoms with E-state index in [1.165, 1.54) is 30.0 Å². The van der Waals surface area contributed by atoms with Crippen molar-refractivity contribution in [3.8, 4) is 5.88 Å². The highest BCUT2D eigenvalue weighted by Gasteiger charge is 2.26. The van der Waals surface area contributed by atoms with Gasteiger partial charge in [-0.2, -0.15) is 4.39 Å². The first kappa shape index (κ1) is 23.1. The van der Waals surface area contributed by atoms with Crippen molar-refractivity contribution in [3.63, 3.8) is 0 Å². The van der Waals surface area contributed by atoms with Gasteiger partial charge in [0.2, 0.25) is 11.8 Å². The van der Waals surface area contributed by atoms with Crippen LogP contribution in [0.25, 0.3) is 0 Å². The Labute approximate surface area is 193 Å². The molecule has 1 aliphatic heterocycles. The molecule has 3 heterocycles. The van der Waals surface area contributed by atoms with E-state index in [4.69, 9.17) is 4.74 Å². The summed E-state index contributed by atoms with van der Waals surface area (Å²) in [6.45, 7) is 5.80. The van der Waals surface area contributed by atoms with Crippen molar-refractivity contribution in [2.45, 2.75) is 43.7 Å². The Kier molecular flexibility index (Phi) is 6.90. The molecule has 4 rings (SSSR count). The monoisotopic (exact) mass is 470 g/mol. The van der Waals surface area contributed by atoms with Crippen molar-refractivity contribution < 1.29 is 17.5 Å². The largest absolute Gasteiger partial charge is 0.474 e. The lowest BCUT2D eigenvalue weighted by molar-refractivity contribution is 0.0763. The van der Waals surface area contributed by atoms with Gasteiger partial charge in [0.25, 0.3) is 10.0 Å². The van der Waals surface area contributed by atoms with Gasteiger partial charge in [0, 0.05) is 24.7 Å². The lowest BCUT2D eigenvalue weighted by Gasteiger charge is -2.36. The molecule has 3 aromatic rings. The van der Waals surface area contributed by atoms with Crippen LogP contribution in [0, 0.1) is 12.9 Å². The van der Waals surface area contributed by atoms with Gasteiger partial charge < -0.3 is 4.74 Å². The van der Waals surface area contributed by atoms with Gasteiger partial charge in [-0.05, 0) is 50.5 Å². The molecule has 0 radical (unpaired) electrons. The third kappa shape index (κ3) is 5.66. The number of likely N-dealkylation sites (tertiary alicyclic amines) is 1. The van der Waals surface area contributed by atoms with E-state index in [0.717, 1.165) is 32.0 Å². The minimum Gasteiger partial charge on any atom is -0.474 e. The molecule has 0 bridgehead atoms. The van der Waals surface area contributed by atoms with Crippen LogP contribution in [0.2, 0.25) is 0 Å². The molecule has 7 nitrogen and oxygen atoms in total. The second kappa shape index (κ2) is 9.84. The Morgan fingerprint density at radius 3 is 2.52 bits per heavy atom. The summed E-state index contributed by atoms with van der Waals surface area (Å²) in [5, 5.41) is 0. The van der Waals surface area contributed by atoms with Crippen LogP contribution in [0.15, 0.2) is 65.7 Å². The lowest BCUT2D eigenvalue weighted by Crippen LogP contribution is -2.39. The van der Waals surface area contributed by atoms with Crippen LogP contribution < -0.4 is 9.46 Å². The summed E-state index contributed by atoms with van der Waals surface area (Å²) in [6.07, 6.45) is 3.00. The Hall–Kier alpha value is -3.04. The first-order valence-electron chi connectivity index (χ1n) is 10.9. The van der Waals surface area contributed by atoms with Crippen LogP contribution >= 0.6 is 0 Å². The van der Waals surface area contributed by atoms with Crippen LogP contribution in [0.1, 0.15) is 36.9 Å². The summed E-state index contributed by atoms with van der Waals surface area (Å²) in [5.41, 5.74) is 1.92. The first-order chi connectivity index (χ1) is 15.8. The van der Waals surface area contributed by atoms with E-state index in [9.17, 15) is 12.8 Å². The zero-order valence-electron chi connectivity index (χ0n) is 18.6. The molecule has 0 aliphatic carbocycles. The summed E-state index contributed by atoms with van der Waals surface area (Å²) in [5.74, 6) is -0.436. The number of nitrogens with one attached hydrogen (secondary N) is 1. The van der Waals surface area contributed by atoms with Crippen LogP contribution in [-0.2, 0) is 10.0 Å². The summed E-state index contributed by atoms with van der Waals surface area (Å²) >= 11 is 0. The number of hydrogen-bond acceptors (Lipinski definition) is 6. The van der Waals surface area contributed by atoms with Gasteiger partial charge in [-0.1, -0.05) is 36.4 Å². The number of sulfonamides is 1. The number of pyridine rings is 2. The van der Waals surface area contributed by atoms with E-state index in [1.54, 1.807) is 6.92 Å². The molecule has 0 amide bonds. The number of ether oxygens (including phenoxy) is 1. The van der Waals surface area contributed by atoms with Crippen molar-refractivity contribution in [3.05, 3.63) is 77.9 Å². The summed E-state index contributed by atoms with van der Waals surface area (Å²) < 4.78 is 46.9. The van der Waals surface area contributed by atoms with Gasteiger partial charge in [-0.15, -0.1) is 0 Å². The lowest BCUT2D eigenvalue weighted by atomic mass is 10.0. The maximum Gasteiger partial charge on any atom is 0.264 e.